The normalized spacial score (nSPS) is 15.7. The van der Waals surface area contributed by atoms with Crippen LogP contribution in [0.5, 0.6) is 5.88 Å². The van der Waals surface area contributed by atoms with Gasteiger partial charge in [0.2, 0.25) is 5.88 Å². The average molecular weight is 615 g/mol. The Labute approximate surface area is 267 Å². The average Bonchev–Trinajstić information content (AvgIpc) is 3.48. The van der Waals surface area contributed by atoms with Gasteiger partial charge in [-0.05, 0) is 63.6 Å². The van der Waals surface area contributed by atoms with E-state index in [0.29, 0.717) is 28.2 Å². The highest BCUT2D eigenvalue weighted by atomic mass is 16.6. The van der Waals surface area contributed by atoms with Crippen molar-refractivity contribution in [2.75, 3.05) is 4.90 Å². The molecular weight excluding hydrogens is 580 g/mol. The Morgan fingerprint density at radius 1 is 0.826 bits per heavy atom. The lowest BCUT2D eigenvalue weighted by Gasteiger charge is -2.32. The number of esters is 1. The highest BCUT2D eigenvalue weighted by molar-refractivity contribution is 6.12. The van der Waals surface area contributed by atoms with E-state index in [1.807, 2.05) is 72.8 Å². The smallest absolute Gasteiger partial charge is 0.409 e. The van der Waals surface area contributed by atoms with Crippen LogP contribution in [0.15, 0.2) is 115 Å². The van der Waals surface area contributed by atoms with Crippen LogP contribution in [0.1, 0.15) is 53.5 Å². The number of fused-ring (bicyclic) bond motifs is 1. The molecule has 0 fully saturated rings. The lowest BCUT2D eigenvalue weighted by Crippen LogP contribution is -2.55. The molecule has 1 aliphatic rings. The first kappa shape index (κ1) is 30.3. The summed E-state index contributed by atoms with van der Waals surface area (Å²) in [5, 5.41) is 7.74. The van der Waals surface area contributed by atoms with E-state index in [9.17, 15) is 9.59 Å². The number of hydrogen-bond acceptors (Lipinski definition) is 6. The number of aromatic nitrogens is 2. The Morgan fingerprint density at radius 2 is 1.41 bits per heavy atom. The molecule has 46 heavy (non-hydrogen) atoms. The monoisotopic (exact) mass is 614 g/mol. The van der Waals surface area contributed by atoms with Crippen LogP contribution in [0, 0.1) is 6.92 Å². The largest absolute Gasteiger partial charge is 0.444 e. The van der Waals surface area contributed by atoms with Crippen LogP contribution in [0.3, 0.4) is 0 Å². The second-order valence-corrected chi connectivity index (χ2v) is 12.0. The Kier molecular flexibility index (Phi) is 7.92. The highest BCUT2D eigenvalue weighted by Gasteiger charge is 2.57. The molecule has 1 aromatic heterocycles. The molecule has 0 unspecified atom stereocenters. The molecule has 232 valence electrons. The van der Waals surface area contributed by atoms with Crippen molar-refractivity contribution in [1.82, 2.24) is 15.1 Å². The van der Waals surface area contributed by atoms with Crippen LogP contribution in [-0.4, -0.2) is 33.4 Å². The van der Waals surface area contributed by atoms with Crippen molar-refractivity contribution in [3.63, 3.8) is 0 Å². The second kappa shape index (κ2) is 12.0. The Morgan fingerprint density at radius 3 is 2.07 bits per heavy atom. The maximum Gasteiger partial charge on any atom is 0.409 e. The van der Waals surface area contributed by atoms with Gasteiger partial charge in [-0.3, -0.25) is 10.1 Å². The standard InChI is InChI=1S/C37H34N4O5/c1-25-31(32(41(39-25)28-20-12-7-13-21-28)45-33(42)27-18-10-6-11-19-27)37(38-35(44)46-36(2,3)4)29-22-14-15-23-30(29)40(34(37)43)24-26-16-8-5-9-17-26/h5-23H,24H2,1-4H3,(H,38,44)/t37-/m1/s1. The molecule has 1 aliphatic heterocycles. The van der Waals surface area contributed by atoms with Gasteiger partial charge in [-0.2, -0.15) is 5.10 Å². The number of anilines is 1. The molecule has 9 heteroatoms. The van der Waals surface area contributed by atoms with Gasteiger partial charge in [-0.25, -0.2) is 14.3 Å². The van der Waals surface area contributed by atoms with Crippen molar-refractivity contribution in [2.45, 2.75) is 45.4 Å². The van der Waals surface area contributed by atoms with E-state index in [1.54, 1.807) is 75.1 Å². The molecule has 0 radical (unpaired) electrons. The third-order valence-electron chi connectivity index (χ3n) is 7.63. The summed E-state index contributed by atoms with van der Waals surface area (Å²) in [6, 6.07) is 34.6. The molecule has 1 atom stereocenters. The van der Waals surface area contributed by atoms with Crippen LogP contribution in [0.25, 0.3) is 5.69 Å². The zero-order valence-corrected chi connectivity index (χ0v) is 26.1. The van der Waals surface area contributed by atoms with E-state index < -0.39 is 29.1 Å². The number of carbonyl (C=O) groups is 3. The summed E-state index contributed by atoms with van der Waals surface area (Å²) in [6.07, 6.45) is -0.815. The maximum absolute atomic E-state index is 15.1. The SMILES string of the molecule is Cc1nn(-c2ccccc2)c(OC(=O)c2ccccc2)c1[C@@]1(NC(=O)OC(C)(C)C)C(=O)N(Cc2ccccc2)c2ccccc21. The summed E-state index contributed by atoms with van der Waals surface area (Å²) >= 11 is 0. The topological polar surface area (TPSA) is 103 Å². The minimum Gasteiger partial charge on any atom is -0.444 e. The summed E-state index contributed by atoms with van der Waals surface area (Å²) in [5.74, 6) is -1.10. The molecule has 6 rings (SSSR count). The zero-order valence-electron chi connectivity index (χ0n) is 26.1. The number of ether oxygens (including phenoxy) is 2. The molecule has 0 spiro atoms. The predicted molar refractivity (Wildman–Crippen MR) is 174 cm³/mol. The molecule has 2 amide bonds. The van der Waals surface area contributed by atoms with Gasteiger partial charge in [-0.15, -0.1) is 0 Å². The van der Waals surface area contributed by atoms with Crippen molar-refractivity contribution in [1.29, 1.82) is 0 Å². The Hall–Kier alpha value is -5.70. The van der Waals surface area contributed by atoms with Gasteiger partial charge in [0, 0.05) is 5.56 Å². The number of amides is 2. The maximum atomic E-state index is 15.1. The quantitative estimate of drug-likeness (QED) is 0.204. The van der Waals surface area contributed by atoms with Gasteiger partial charge in [0.25, 0.3) is 5.91 Å². The molecule has 5 aromatic rings. The Balaban J connectivity index is 1.61. The van der Waals surface area contributed by atoms with E-state index in [4.69, 9.17) is 14.6 Å². The minimum absolute atomic E-state index is 0.00155. The van der Waals surface area contributed by atoms with Crippen LogP contribution in [0.2, 0.25) is 0 Å². The van der Waals surface area contributed by atoms with E-state index in [2.05, 4.69) is 5.32 Å². The fourth-order valence-electron chi connectivity index (χ4n) is 5.75. The molecule has 1 N–H and O–H groups in total. The number of nitrogens with zero attached hydrogens (tertiary/aromatic N) is 3. The van der Waals surface area contributed by atoms with Crippen LogP contribution in [-0.2, 0) is 21.6 Å². The number of alkyl carbamates (subject to hydrolysis) is 1. The predicted octanol–water partition coefficient (Wildman–Crippen LogP) is 6.72. The summed E-state index contributed by atoms with van der Waals surface area (Å²) in [7, 11) is 0. The van der Waals surface area contributed by atoms with Crippen molar-refractivity contribution >= 4 is 23.7 Å². The molecule has 2 heterocycles. The number of hydrogen-bond donors (Lipinski definition) is 1. The summed E-state index contributed by atoms with van der Waals surface area (Å²) in [6.45, 7) is 7.20. The zero-order chi connectivity index (χ0) is 32.5. The first-order valence-corrected chi connectivity index (χ1v) is 15.0. The highest BCUT2D eigenvalue weighted by Crippen LogP contribution is 2.49. The van der Waals surface area contributed by atoms with Gasteiger partial charge >= 0.3 is 12.1 Å². The summed E-state index contributed by atoms with van der Waals surface area (Å²) in [4.78, 5) is 44.1. The molecular formula is C37H34N4O5. The van der Waals surface area contributed by atoms with Crippen LogP contribution in [0.4, 0.5) is 10.5 Å². The van der Waals surface area contributed by atoms with Gasteiger partial charge in [0.05, 0.1) is 34.7 Å². The van der Waals surface area contributed by atoms with Crippen LogP contribution < -0.4 is 15.0 Å². The fraction of sp³-hybridized carbons (Fsp3) is 0.189. The molecule has 0 saturated heterocycles. The Bertz CT molecular complexity index is 1900. The van der Waals surface area contributed by atoms with E-state index >= 15 is 4.79 Å². The minimum atomic E-state index is -1.86. The lowest BCUT2D eigenvalue weighted by molar-refractivity contribution is -0.123. The third kappa shape index (κ3) is 5.63. The van der Waals surface area contributed by atoms with Gasteiger partial charge in [0.15, 0.2) is 5.54 Å². The first-order valence-electron chi connectivity index (χ1n) is 15.0. The van der Waals surface area contributed by atoms with Gasteiger partial charge < -0.3 is 14.4 Å². The number of aryl methyl sites for hydroxylation is 1. The summed E-state index contributed by atoms with van der Waals surface area (Å²) in [5.41, 5.74) is 0.768. The molecule has 0 saturated carbocycles. The second-order valence-electron chi connectivity index (χ2n) is 12.0. The third-order valence-corrected chi connectivity index (χ3v) is 7.63. The van der Waals surface area contributed by atoms with Crippen molar-refractivity contribution in [2.24, 2.45) is 0 Å². The van der Waals surface area contributed by atoms with Crippen molar-refractivity contribution < 1.29 is 23.9 Å². The number of nitrogens with one attached hydrogen (secondary N) is 1. The number of benzene rings is 4. The van der Waals surface area contributed by atoms with Crippen molar-refractivity contribution in [3.8, 4) is 11.6 Å². The molecule has 9 nitrogen and oxygen atoms in total. The molecule has 4 aromatic carbocycles. The fourth-order valence-corrected chi connectivity index (χ4v) is 5.75. The van der Waals surface area contributed by atoms with E-state index in [0.717, 1.165) is 5.56 Å². The number of para-hydroxylation sites is 2. The van der Waals surface area contributed by atoms with E-state index in [1.165, 1.54) is 4.68 Å². The van der Waals surface area contributed by atoms with Gasteiger partial charge in [-0.1, -0.05) is 84.9 Å². The lowest BCUT2D eigenvalue weighted by atomic mass is 9.83. The molecule has 0 bridgehead atoms. The first-order chi connectivity index (χ1) is 22.1. The van der Waals surface area contributed by atoms with Crippen molar-refractivity contribution in [3.05, 3.63) is 143 Å². The van der Waals surface area contributed by atoms with Crippen LogP contribution >= 0.6 is 0 Å². The number of carbonyl (C=O) groups excluding carboxylic acids is 3. The summed E-state index contributed by atoms with van der Waals surface area (Å²) < 4.78 is 13.4. The van der Waals surface area contributed by atoms with Gasteiger partial charge in [0.1, 0.15) is 5.60 Å². The number of rotatable bonds is 7. The molecule has 0 aliphatic carbocycles. The van der Waals surface area contributed by atoms with E-state index in [-0.39, 0.29) is 18.0 Å².